The number of fused-ring (bicyclic) bond motifs is 1. The van der Waals surface area contributed by atoms with E-state index in [-0.39, 0.29) is 12.1 Å². The van der Waals surface area contributed by atoms with Crippen LogP contribution in [0.5, 0.6) is 0 Å². The summed E-state index contributed by atoms with van der Waals surface area (Å²) in [5.41, 5.74) is 4.53. The summed E-state index contributed by atoms with van der Waals surface area (Å²) in [7, 11) is 0. The first-order valence-corrected chi connectivity index (χ1v) is 9.71. The Labute approximate surface area is 160 Å². The average Bonchev–Trinajstić information content (AvgIpc) is 3.31. The second kappa shape index (κ2) is 8.11. The van der Waals surface area contributed by atoms with Crippen molar-refractivity contribution in [1.82, 2.24) is 10.2 Å². The van der Waals surface area contributed by atoms with E-state index in [0.29, 0.717) is 19.1 Å². The topological polar surface area (TPSA) is 53.6 Å². The number of hydrogen-bond acceptors (Lipinski definition) is 3. The van der Waals surface area contributed by atoms with Crippen LogP contribution in [0.3, 0.4) is 0 Å². The Morgan fingerprint density at radius 3 is 2.85 bits per heavy atom. The van der Waals surface area contributed by atoms with E-state index < -0.39 is 0 Å². The standard InChI is InChI=1S/C22H27N3O2/c1-16(18-9-10-25(13-18)12-17-5-3-2-4-6-17)23-22(26)24-21-8-7-19-14-27-15-20(19)11-21/h2-8,11,16,18H,9-10,12-15H2,1H3,(H2,23,24,26). The molecule has 0 aromatic heterocycles. The predicted octanol–water partition coefficient (Wildman–Crippen LogP) is 3.75. The van der Waals surface area contributed by atoms with E-state index in [1.807, 2.05) is 18.2 Å². The summed E-state index contributed by atoms with van der Waals surface area (Å²) >= 11 is 0. The van der Waals surface area contributed by atoms with E-state index in [1.165, 1.54) is 11.1 Å². The van der Waals surface area contributed by atoms with Crippen LogP contribution >= 0.6 is 0 Å². The van der Waals surface area contributed by atoms with E-state index >= 15 is 0 Å². The molecule has 1 fully saturated rings. The molecule has 2 amide bonds. The summed E-state index contributed by atoms with van der Waals surface area (Å²) in [6, 6.07) is 16.5. The summed E-state index contributed by atoms with van der Waals surface area (Å²) in [4.78, 5) is 14.9. The zero-order chi connectivity index (χ0) is 18.6. The molecule has 0 spiro atoms. The van der Waals surface area contributed by atoms with Crippen LogP contribution in [-0.2, 0) is 24.5 Å². The maximum Gasteiger partial charge on any atom is 0.319 e. The molecule has 0 bridgehead atoms. The first-order chi connectivity index (χ1) is 13.2. The third-order valence-electron chi connectivity index (χ3n) is 5.60. The van der Waals surface area contributed by atoms with Crippen LogP contribution < -0.4 is 10.6 Å². The Morgan fingerprint density at radius 2 is 2.00 bits per heavy atom. The maximum atomic E-state index is 12.4. The van der Waals surface area contributed by atoms with Gasteiger partial charge in [-0.2, -0.15) is 0 Å². The van der Waals surface area contributed by atoms with Gasteiger partial charge in [-0.15, -0.1) is 0 Å². The van der Waals surface area contributed by atoms with Crippen molar-refractivity contribution in [2.24, 2.45) is 5.92 Å². The second-order valence-electron chi connectivity index (χ2n) is 7.63. The van der Waals surface area contributed by atoms with Gasteiger partial charge in [0.15, 0.2) is 0 Å². The van der Waals surface area contributed by atoms with Crippen molar-refractivity contribution >= 4 is 11.7 Å². The van der Waals surface area contributed by atoms with Crippen molar-refractivity contribution in [3.8, 4) is 0 Å². The summed E-state index contributed by atoms with van der Waals surface area (Å²) in [6.07, 6.45) is 1.12. The van der Waals surface area contributed by atoms with E-state index in [2.05, 4.69) is 52.8 Å². The van der Waals surface area contributed by atoms with Crippen LogP contribution in [0, 0.1) is 5.92 Å². The van der Waals surface area contributed by atoms with Gasteiger partial charge in [-0.05, 0) is 54.6 Å². The fraction of sp³-hybridized carbons (Fsp3) is 0.409. The number of rotatable bonds is 5. The molecule has 2 unspecified atom stereocenters. The third kappa shape index (κ3) is 4.49. The number of nitrogens with one attached hydrogen (secondary N) is 2. The minimum absolute atomic E-state index is 0.136. The highest BCUT2D eigenvalue weighted by Gasteiger charge is 2.28. The lowest BCUT2D eigenvalue weighted by atomic mass is 10.0. The van der Waals surface area contributed by atoms with Gasteiger partial charge in [-0.25, -0.2) is 4.79 Å². The molecular formula is C22H27N3O2. The lowest BCUT2D eigenvalue weighted by molar-refractivity contribution is 0.134. The molecule has 2 atom stereocenters. The van der Waals surface area contributed by atoms with Crippen LogP contribution in [0.4, 0.5) is 10.5 Å². The average molecular weight is 365 g/mol. The lowest BCUT2D eigenvalue weighted by Gasteiger charge is -2.22. The molecule has 0 radical (unpaired) electrons. The highest BCUT2D eigenvalue weighted by atomic mass is 16.5. The van der Waals surface area contributed by atoms with E-state index in [4.69, 9.17) is 4.74 Å². The monoisotopic (exact) mass is 365 g/mol. The molecule has 1 saturated heterocycles. The van der Waals surface area contributed by atoms with Gasteiger partial charge in [0.2, 0.25) is 0 Å². The SMILES string of the molecule is CC(NC(=O)Nc1ccc2c(c1)COC2)C1CCN(Cc2ccccc2)C1. The van der Waals surface area contributed by atoms with Gasteiger partial charge >= 0.3 is 6.03 Å². The van der Waals surface area contributed by atoms with E-state index in [9.17, 15) is 4.79 Å². The third-order valence-corrected chi connectivity index (χ3v) is 5.60. The van der Waals surface area contributed by atoms with Gasteiger partial charge < -0.3 is 15.4 Å². The van der Waals surface area contributed by atoms with Gasteiger partial charge in [-0.1, -0.05) is 36.4 Å². The van der Waals surface area contributed by atoms with Crippen LogP contribution in [0.25, 0.3) is 0 Å². The van der Waals surface area contributed by atoms with Crippen molar-refractivity contribution < 1.29 is 9.53 Å². The lowest BCUT2D eigenvalue weighted by Crippen LogP contribution is -2.41. The number of likely N-dealkylation sites (tertiary alicyclic amines) is 1. The van der Waals surface area contributed by atoms with E-state index in [1.54, 1.807) is 0 Å². The Balaban J connectivity index is 1.26. The normalized spacial score (nSPS) is 20.3. The number of anilines is 1. The van der Waals surface area contributed by atoms with Crippen LogP contribution in [0.15, 0.2) is 48.5 Å². The Morgan fingerprint density at radius 1 is 1.19 bits per heavy atom. The van der Waals surface area contributed by atoms with Crippen LogP contribution in [0.1, 0.15) is 30.0 Å². The molecule has 2 N–H and O–H groups in total. The summed E-state index contributed by atoms with van der Waals surface area (Å²) in [5, 5.41) is 6.07. The number of nitrogens with zero attached hydrogens (tertiary/aromatic N) is 1. The Kier molecular flexibility index (Phi) is 5.41. The fourth-order valence-corrected chi connectivity index (χ4v) is 4.00. The highest BCUT2D eigenvalue weighted by molar-refractivity contribution is 5.89. The Bertz CT molecular complexity index is 793. The minimum Gasteiger partial charge on any atom is -0.372 e. The molecule has 27 heavy (non-hydrogen) atoms. The zero-order valence-corrected chi connectivity index (χ0v) is 15.8. The van der Waals surface area contributed by atoms with Crippen molar-refractivity contribution in [2.75, 3.05) is 18.4 Å². The Hall–Kier alpha value is -2.37. The number of hydrogen-bond donors (Lipinski definition) is 2. The summed E-state index contributed by atoms with van der Waals surface area (Å²) in [5.74, 6) is 0.480. The molecule has 5 heteroatoms. The molecule has 2 aliphatic heterocycles. The van der Waals surface area contributed by atoms with Crippen LogP contribution in [-0.4, -0.2) is 30.1 Å². The first kappa shape index (κ1) is 18.0. The number of amides is 2. The fourth-order valence-electron chi connectivity index (χ4n) is 4.00. The molecule has 2 aliphatic rings. The quantitative estimate of drug-likeness (QED) is 0.848. The van der Waals surface area contributed by atoms with E-state index in [0.717, 1.165) is 37.3 Å². The maximum absolute atomic E-state index is 12.4. The molecule has 2 aromatic rings. The molecule has 5 nitrogen and oxygen atoms in total. The highest BCUT2D eigenvalue weighted by Crippen LogP contribution is 2.24. The first-order valence-electron chi connectivity index (χ1n) is 9.71. The second-order valence-corrected chi connectivity index (χ2v) is 7.63. The van der Waals surface area contributed by atoms with Gasteiger partial charge in [0, 0.05) is 24.8 Å². The molecule has 0 aliphatic carbocycles. The smallest absolute Gasteiger partial charge is 0.319 e. The van der Waals surface area contributed by atoms with Gasteiger partial charge in [-0.3, -0.25) is 4.90 Å². The molecule has 2 aromatic carbocycles. The molecule has 2 heterocycles. The number of carbonyl (C=O) groups is 1. The molecule has 0 saturated carbocycles. The van der Waals surface area contributed by atoms with Crippen molar-refractivity contribution in [3.05, 3.63) is 65.2 Å². The zero-order valence-electron chi connectivity index (χ0n) is 15.8. The number of carbonyl (C=O) groups excluding carboxylic acids is 1. The number of benzene rings is 2. The molecule has 142 valence electrons. The summed E-state index contributed by atoms with van der Waals surface area (Å²) < 4.78 is 5.43. The van der Waals surface area contributed by atoms with Gasteiger partial charge in [0.05, 0.1) is 13.2 Å². The van der Waals surface area contributed by atoms with Gasteiger partial charge in [0.1, 0.15) is 0 Å². The molecule has 4 rings (SSSR count). The van der Waals surface area contributed by atoms with Crippen molar-refractivity contribution in [1.29, 1.82) is 0 Å². The van der Waals surface area contributed by atoms with Crippen LogP contribution in [0.2, 0.25) is 0 Å². The predicted molar refractivity (Wildman–Crippen MR) is 106 cm³/mol. The summed E-state index contributed by atoms with van der Waals surface area (Å²) in [6.45, 7) is 6.48. The largest absolute Gasteiger partial charge is 0.372 e. The van der Waals surface area contributed by atoms with Crippen molar-refractivity contribution in [2.45, 2.75) is 39.1 Å². The number of ether oxygens (including phenoxy) is 1. The minimum atomic E-state index is -0.136. The van der Waals surface area contributed by atoms with Gasteiger partial charge in [0.25, 0.3) is 0 Å². The number of urea groups is 1. The molecular weight excluding hydrogens is 338 g/mol. The van der Waals surface area contributed by atoms with Crippen molar-refractivity contribution in [3.63, 3.8) is 0 Å².